The fourth-order valence-electron chi connectivity index (χ4n) is 2.04. The molecular weight excluding hydrogens is 360 g/mol. The van der Waals surface area contributed by atoms with Crippen LogP contribution < -0.4 is 0 Å². The lowest BCUT2D eigenvalue weighted by Gasteiger charge is -2.02. The number of esters is 1. The molecule has 2 aromatic carbocycles. The highest BCUT2D eigenvalue weighted by atomic mass is 79.9. The molecule has 0 saturated heterocycles. The highest BCUT2D eigenvalue weighted by Crippen LogP contribution is 2.20. The first-order valence-electron chi connectivity index (χ1n) is 6.94. The highest BCUT2D eigenvalue weighted by Gasteiger charge is 2.12. The van der Waals surface area contributed by atoms with E-state index < -0.39 is 5.97 Å². The summed E-state index contributed by atoms with van der Waals surface area (Å²) in [5.74, 6) is 0.282. The van der Waals surface area contributed by atoms with Crippen molar-refractivity contribution >= 4 is 21.9 Å². The number of benzene rings is 2. The van der Waals surface area contributed by atoms with Crippen LogP contribution in [-0.2, 0) is 11.3 Å². The molecule has 0 aliphatic rings. The summed E-state index contributed by atoms with van der Waals surface area (Å²) in [5.41, 5.74) is 2.31. The maximum atomic E-state index is 12.0. The van der Waals surface area contributed by atoms with E-state index in [9.17, 15) is 4.79 Å². The first kappa shape index (κ1) is 15.4. The smallest absolute Gasteiger partial charge is 0.338 e. The van der Waals surface area contributed by atoms with Crippen molar-refractivity contribution < 1.29 is 14.1 Å². The average molecular weight is 373 g/mol. The van der Waals surface area contributed by atoms with Gasteiger partial charge in [0.1, 0.15) is 0 Å². The van der Waals surface area contributed by atoms with E-state index in [-0.39, 0.29) is 12.5 Å². The van der Waals surface area contributed by atoms with Crippen LogP contribution in [0, 0.1) is 6.92 Å². The quantitative estimate of drug-likeness (QED) is 0.643. The zero-order valence-corrected chi connectivity index (χ0v) is 13.9. The van der Waals surface area contributed by atoms with Crippen molar-refractivity contribution in [1.82, 2.24) is 10.1 Å². The van der Waals surface area contributed by atoms with Crippen LogP contribution in [0.5, 0.6) is 0 Å². The Morgan fingerprint density at radius 1 is 1.22 bits per heavy atom. The predicted molar refractivity (Wildman–Crippen MR) is 87.7 cm³/mol. The zero-order valence-electron chi connectivity index (χ0n) is 12.3. The third kappa shape index (κ3) is 3.84. The molecule has 0 spiro atoms. The first-order valence-corrected chi connectivity index (χ1v) is 7.73. The summed E-state index contributed by atoms with van der Waals surface area (Å²) in [6, 6.07) is 14.7. The molecule has 3 rings (SSSR count). The van der Waals surface area contributed by atoms with Gasteiger partial charge in [-0.1, -0.05) is 50.9 Å². The summed E-state index contributed by atoms with van der Waals surface area (Å²) >= 11 is 3.39. The largest absolute Gasteiger partial charge is 0.452 e. The van der Waals surface area contributed by atoms with E-state index in [0.717, 1.165) is 15.6 Å². The normalized spacial score (nSPS) is 10.5. The van der Waals surface area contributed by atoms with Gasteiger partial charge in [0.05, 0.1) is 5.56 Å². The molecule has 1 heterocycles. The Hall–Kier alpha value is -2.47. The van der Waals surface area contributed by atoms with Gasteiger partial charge in [0, 0.05) is 10.0 Å². The Kier molecular flexibility index (Phi) is 4.52. The number of aromatic nitrogens is 2. The van der Waals surface area contributed by atoms with Gasteiger partial charge in [0.25, 0.3) is 5.89 Å². The van der Waals surface area contributed by atoms with Gasteiger partial charge in [-0.2, -0.15) is 4.98 Å². The third-order valence-electron chi connectivity index (χ3n) is 3.13. The molecule has 1 aromatic heterocycles. The fraction of sp³-hybridized carbons (Fsp3) is 0.118. The van der Waals surface area contributed by atoms with Crippen molar-refractivity contribution in [2.45, 2.75) is 13.5 Å². The van der Waals surface area contributed by atoms with Crippen molar-refractivity contribution in [1.29, 1.82) is 0 Å². The van der Waals surface area contributed by atoms with Gasteiger partial charge >= 0.3 is 5.97 Å². The molecule has 0 aliphatic heterocycles. The Balaban J connectivity index is 1.67. The van der Waals surface area contributed by atoms with E-state index >= 15 is 0 Å². The molecule has 5 nitrogen and oxygen atoms in total. The Morgan fingerprint density at radius 2 is 2.04 bits per heavy atom. The summed E-state index contributed by atoms with van der Waals surface area (Å²) in [6.45, 7) is 1.85. The lowest BCUT2D eigenvalue weighted by molar-refractivity contribution is 0.0429. The van der Waals surface area contributed by atoms with Crippen LogP contribution in [0.25, 0.3) is 11.4 Å². The molecule has 23 heavy (non-hydrogen) atoms. The minimum Gasteiger partial charge on any atom is -0.452 e. The molecule has 0 aliphatic carbocycles. The van der Waals surface area contributed by atoms with Gasteiger partial charge in [-0.05, 0) is 31.2 Å². The zero-order chi connectivity index (χ0) is 16.2. The van der Waals surface area contributed by atoms with Crippen LogP contribution in [-0.4, -0.2) is 16.1 Å². The second-order valence-electron chi connectivity index (χ2n) is 4.97. The van der Waals surface area contributed by atoms with Gasteiger partial charge in [-0.3, -0.25) is 0 Å². The van der Waals surface area contributed by atoms with Crippen LogP contribution in [0.1, 0.15) is 21.8 Å². The predicted octanol–water partition coefficient (Wildman–Crippen LogP) is 4.16. The minimum atomic E-state index is -0.420. The first-order chi connectivity index (χ1) is 11.1. The van der Waals surface area contributed by atoms with Crippen molar-refractivity contribution in [3.63, 3.8) is 0 Å². The van der Waals surface area contributed by atoms with Crippen LogP contribution >= 0.6 is 15.9 Å². The van der Waals surface area contributed by atoms with Crippen LogP contribution in [0.15, 0.2) is 57.5 Å². The van der Waals surface area contributed by atoms with E-state index in [1.54, 1.807) is 12.1 Å². The van der Waals surface area contributed by atoms with Crippen molar-refractivity contribution in [3.05, 3.63) is 70.0 Å². The number of carbonyl (C=O) groups excluding carboxylic acids is 1. The minimum absolute atomic E-state index is 0.0617. The summed E-state index contributed by atoms with van der Waals surface area (Å²) in [5, 5.41) is 3.89. The van der Waals surface area contributed by atoms with Gasteiger partial charge in [-0.15, -0.1) is 0 Å². The Morgan fingerprint density at radius 3 is 2.83 bits per heavy atom. The van der Waals surface area contributed by atoms with Crippen LogP contribution in [0.3, 0.4) is 0 Å². The van der Waals surface area contributed by atoms with E-state index in [2.05, 4.69) is 26.1 Å². The maximum Gasteiger partial charge on any atom is 0.338 e. The summed E-state index contributed by atoms with van der Waals surface area (Å²) in [4.78, 5) is 16.2. The Labute approximate surface area is 141 Å². The molecule has 6 heteroatoms. The van der Waals surface area contributed by atoms with Crippen molar-refractivity contribution in [3.8, 4) is 11.4 Å². The van der Waals surface area contributed by atoms with Crippen LogP contribution in [0.4, 0.5) is 0 Å². The van der Waals surface area contributed by atoms with Gasteiger partial charge in [0.2, 0.25) is 5.82 Å². The van der Waals surface area contributed by atoms with Gasteiger partial charge in [0.15, 0.2) is 6.61 Å². The van der Waals surface area contributed by atoms with Gasteiger partial charge in [-0.25, -0.2) is 4.79 Å². The standard InChI is InChI=1S/C17H13BrN2O3/c1-11-4-2-6-13(8-11)17(21)22-10-15-19-16(20-23-15)12-5-3-7-14(18)9-12/h2-9H,10H2,1H3. The number of halogens is 1. The molecule has 0 atom stereocenters. The lowest BCUT2D eigenvalue weighted by Crippen LogP contribution is -2.05. The number of nitrogens with zero attached hydrogens (tertiary/aromatic N) is 2. The molecule has 0 saturated carbocycles. The van der Waals surface area contributed by atoms with Gasteiger partial charge < -0.3 is 9.26 Å². The molecule has 0 bridgehead atoms. The van der Waals surface area contributed by atoms with Crippen molar-refractivity contribution in [2.75, 3.05) is 0 Å². The molecule has 0 unspecified atom stereocenters. The summed E-state index contributed by atoms with van der Waals surface area (Å²) < 4.78 is 11.2. The number of hydrogen-bond acceptors (Lipinski definition) is 5. The van der Waals surface area contributed by atoms with E-state index in [0.29, 0.717) is 11.4 Å². The SMILES string of the molecule is Cc1cccc(C(=O)OCc2nc(-c3cccc(Br)c3)no2)c1. The number of carbonyl (C=O) groups is 1. The highest BCUT2D eigenvalue weighted by molar-refractivity contribution is 9.10. The molecule has 0 radical (unpaired) electrons. The second kappa shape index (κ2) is 6.75. The van der Waals surface area contributed by atoms with Crippen LogP contribution in [0.2, 0.25) is 0 Å². The number of hydrogen-bond donors (Lipinski definition) is 0. The molecule has 0 fully saturated rings. The molecular formula is C17H13BrN2O3. The summed E-state index contributed by atoms with van der Waals surface area (Å²) in [7, 11) is 0. The fourth-order valence-corrected chi connectivity index (χ4v) is 2.44. The molecule has 0 amide bonds. The van der Waals surface area contributed by atoms with E-state index in [1.807, 2.05) is 43.3 Å². The monoisotopic (exact) mass is 372 g/mol. The Bertz CT molecular complexity index is 845. The maximum absolute atomic E-state index is 12.0. The lowest BCUT2D eigenvalue weighted by atomic mass is 10.1. The second-order valence-corrected chi connectivity index (χ2v) is 5.88. The number of rotatable bonds is 4. The average Bonchev–Trinajstić information content (AvgIpc) is 3.01. The van der Waals surface area contributed by atoms with E-state index in [1.165, 1.54) is 0 Å². The molecule has 116 valence electrons. The molecule has 0 N–H and O–H groups in total. The van der Waals surface area contributed by atoms with Crippen molar-refractivity contribution in [2.24, 2.45) is 0 Å². The summed E-state index contributed by atoms with van der Waals surface area (Å²) in [6.07, 6.45) is 0. The topological polar surface area (TPSA) is 65.2 Å². The number of ether oxygens (including phenoxy) is 1. The molecule has 3 aromatic rings. The number of aryl methyl sites for hydroxylation is 1. The van der Waals surface area contributed by atoms with E-state index in [4.69, 9.17) is 9.26 Å². The third-order valence-corrected chi connectivity index (χ3v) is 3.62.